The lowest BCUT2D eigenvalue weighted by Crippen LogP contribution is -2.39. The van der Waals surface area contributed by atoms with Gasteiger partial charge in [-0.05, 0) is 55.7 Å². The number of aromatic nitrogens is 2. The zero-order valence-corrected chi connectivity index (χ0v) is 16.8. The minimum Gasteiger partial charge on any atom is -0.496 e. The molecule has 0 aliphatic carbocycles. The smallest absolute Gasteiger partial charge is 0.262 e. The molecule has 1 saturated heterocycles. The third-order valence-corrected chi connectivity index (χ3v) is 5.23. The van der Waals surface area contributed by atoms with E-state index < -0.39 is 0 Å². The van der Waals surface area contributed by atoms with Gasteiger partial charge in [-0.15, -0.1) is 0 Å². The molecule has 0 bridgehead atoms. The van der Waals surface area contributed by atoms with E-state index in [4.69, 9.17) is 14.0 Å². The molecule has 1 amide bonds. The summed E-state index contributed by atoms with van der Waals surface area (Å²) in [5.41, 5.74) is 1.01. The van der Waals surface area contributed by atoms with E-state index in [1.807, 2.05) is 0 Å². The molecule has 0 spiro atoms. The van der Waals surface area contributed by atoms with Crippen molar-refractivity contribution in [1.29, 1.82) is 0 Å². The van der Waals surface area contributed by atoms with E-state index in [2.05, 4.69) is 10.1 Å². The van der Waals surface area contributed by atoms with Gasteiger partial charge in [0, 0.05) is 12.1 Å². The number of rotatable bonds is 5. The summed E-state index contributed by atoms with van der Waals surface area (Å²) >= 11 is 0. The molecule has 2 aromatic carbocycles. The maximum Gasteiger partial charge on any atom is 0.262 e. The summed E-state index contributed by atoms with van der Waals surface area (Å²) in [6.45, 7) is 0.555. The number of carbonyl (C=O) groups is 1. The fourth-order valence-corrected chi connectivity index (χ4v) is 3.72. The van der Waals surface area contributed by atoms with Crippen LogP contribution in [0.25, 0.3) is 11.4 Å². The number of likely N-dealkylation sites (tertiary alicyclic amines) is 1. The van der Waals surface area contributed by atoms with E-state index >= 15 is 0 Å². The van der Waals surface area contributed by atoms with Gasteiger partial charge in [0.2, 0.25) is 11.7 Å². The van der Waals surface area contributed by atoms with Gasteiger partial charge >= 0.3 is 0 Å². The molecule has 4 rings (SSSR count). The second-order valence-electron chi connectivity index (χ2n) is 7.01. The van der Waals surface area contributed by atoms with Crippen LogP contribution < -0.4 is 9.47 Å². The van der Waals surface area contributed by atoms with Crippen LogP contribution in [0.1, 0.15) is 41.6 Å². The van der Waals surface area contributed by atoms with Gasteiger partial charge in [-0.3, -0.25) is 4.79 Å². The number of nitrogens with zero attached hydrogens (tertiary/aromatic N) is 3. The van der Waals surface area contributed by atoms with Gasteiger partial charge in [0.05, 0.1) is 14.2 Å². The summed E-state index contributed by atoms with van der Waals surface area (Å²) < 4.78 is 29.5. The summed E-state index contributed by atoms with van der Waals surface area (Å²) in [7, 11) is 3.04. The second kappa shape index (κ2) is 8.52. The lowest BCUT2D eigenvalue weighted by Gasteiger charge is -2.34. The van der Waals surface area contributed by atoms with E-state index in [0.717, 1.165) is 12.8 Å². The lowest BCUT2D eigenvalue weighted by molar-refractivity contribution is 0.0554. The summed E-state index contributed by atoms with van der Waals surface area (Å²) in [6.07, 6.45) is 2.51. The van der Waals surface area contributed by atoms with Gasteiger partial charge < -0.3 is 18.9 Å². The maximum atomic E-state index is 13.5. The van der Waals surface area contributed by atoms with Crippen molar-refractivity contribution in [3.63, 3.8) is 0 Å². The third-order valence-electron chi connectivity index (χ3n) is 5.23. The van der Waals surface area contributed by atoms with Crippen molar-refractivity contribution < 1.29 is 23.2 Å². The van der Waals surface area contributed by atoms with Crippen LogP contribution in [0.3, 0.4) is 0 Å². The van der Waals surface area contributed by atoms with E-state index in [-0.39, 0.29) is 17.8 Å². The molecule has 2 heterocycles. The molecular formula is C22H22FN3O4. The highest BCUT2D eigenvalue weighted by atomic mass is 19.1. The Kier molecular flexibility index (Phi) is 5.65. The minimum atomic E-state index is -0.359. The molecule has 3 aromatic rings. The monoisotopic (exact) mass is 411 g/mol. The van der Waals surface area contributed by atoms with Gasteiger partial charge in [-0.2, -0.15) is 4.98 Å². The van der Waals surface area contributed by atoms with E-state index in [1.54, 1.807) is 35.2 Å². The van der Waals surface area contributed by atoms with Crippen LogP contribution in [0, 0.1) is 5.82 Å². The molecule has 0 N–H and O–H groups in total. The van der Waals surface area contributed by atoms with Crippen molar-refractivity contribution in [2.75, 3.05) is 20.8 Å². The number of carbonyl (C=O) groups excluding carboxylic acids is 1. The maximum absolute atomic E-state index is 13.5. The SMILES string of the molecule is COc1cccc(OC)c1C(=O)N1CCCCC1c1nc(-c2ccc(F)cc2)no1. The fourth-order valence-electron chi connectivity index (χ4n) is 3.72. The Morgan fingerprint density at radius 1 is 1.10 bits per heavy atom. The Labute approximate surface area is 173 Å². The Morgan fingerprint density at radius 3 is 2.47 bits per heavy atom. The molecule has 30 heavy (non-hydrogen) atoms. The normalized spacial score (nSPS) is 16.4. The van der Waals surface area contributed by atoms with Gasteiger partial charge in [0.1, 0.15) is 28.9 Å². The highest BCUT2D eigenvalue weighted by Crippen LogP contribution is 2.36. The Bertz CT molecular complexity index is 1010. The summed E-state index contributed by atoms with van der Waals surface area (Å²) in [6, 6.07) is 10.7. The quantitative estimate of drug-likeness (QED) is 0.624. The van der Waals surface area contributed by atoms with Gasteiger partial charge in [0.15, 0.2) is 0 Å². The average Bonchev–Trinajstić information content (AvgIpc) is 3.28. The highest BCUT2D eigenvalue weighted by Gasteiger charge is 2.35. The molecule has 0 saturated carbocycles. The Balaban J connectivity index is 1.66. The van der Waals surface area contributed by atoms with Crippen molar-refractivity contribution in [1.82, 2.24) is 15.0 Å². The van der Waals surface area contributed by atoms with Crippen molar-refractivity contribution in [2.45, 2.75) is 25.3 Å². The zero-order chi connectivity index (χ0) is 21.1. The molecule has 1 aromatic heterocycles. The van der Waals surface area contributed by atoms with Crippen LogP contribution in [-0.2, 0) is 0 Å². The molecule has 1 atom stereocenters. The number of piperidine rings is 1. The largest absolute Gasteiger partial charge is 0.496 e. The Hall–Kier alpha value is -3.42. The molecule has 8 heteroatoms. The fraction of sp³-hybridized carbons (Fsp3) is 0.318. The lowest BCUT2D eigenvalue weighted by atomic mass is 10.00. The second-order valence-corrected chi connectivity index (χ2v) is 7.01. The van der Waals surface area contributed by atoms with Crippen molar-refractivity contribution in [2.24, 2.45) is 0 Å². The van der Waals surface area contributed by atoms with Gasteiger partial charge in [-0.1, -0.05) is 11.2 Å². The first-order valence-electron chi connectivity index (χ1n) is 9.74. The van der Waals surface area contributed by atoms with Crippen molar-refractivity contribution in [3.05, 3.63) is 59.7 Å². The van der Waals surface area contributed by atoms with Crippen LogP contribution >= 0.6 is 0 Å². The molecule has 7 nitrogen and oxygen atoms in total. The van der Waals surface area contributed by atoms with Crippen LogP contribution in [0.15, 0.2) is 47.0 Å². The first-order valence-corrected chi connectivity index (χ1v) is 9.74. The molecule has 156 valence electrons. The number of benzene rings is 2. The van der Waals surface area contributed by atoms with Crippen LogP contribution in [0.2, 0.25) is 0 Å². The summed E-state index contributed by atoms with van der Waals surface area (Å²) in [5, 5.41) is 4.03. The topological polar surface area (TPSA) is 77.7 Å². The van der Waals surface area contributed by atoms with E-state index in [9.17, 15) is 9.18 Å². The number of ether oxygens (including phenoxy) is 2. The Morgan fingerprint density at radius 2 is 1.80 bits per heavy atom. The van der Waals surface area contributed by atoms with Crippen LogP contribution in [0.4, 0.5) is 4.39 Å². The highest BCUT2D eigenvalue weighted by molar-refractivity contribution is 6.00. The van der Waals surface area contributed by atoms with E-state index in [1.165, 1.54) is 26.4 Å². The molecule has 1 aliphatic heterocycles. The molecular weight excluding hydrogens is 389 g/mol. The van der Waals surface area contributed by atoms with Crippen molar-refractivity contribution in [3.8, 4) is 22.9 Å². The standard InChI is InChI=1S/C22H22FN3O4/c1-28-17-7-5-8-18(29-2)19(17)22(27)26-13-4-3-6-16(26)21-24-20(25-30-21)14-9-11-15(23)12-10-14/h5,7-12,16H,3-4,6,13H2,1-2H3. The average molecular weight is 411 g/mol. The summed E-state index contributed by atoms with van der Waals surface area (Å²) in [5.74, 6) is 1.06. The zero-order valence-electron chi connectivity index (χ0n) is 16.8. The number of amides is 1. The number of methoxy groups -OCH3 is 2. The third kappa shape index (κ3) is 3.72. The first-order chi connectivity index (χ1) is 14.6. The van der Waals surface area contributed by atoms with E-state index in [0.29, 0.717) is 47.3 Å². The molecule has 1 fully saturated rings. The predicted octanol–water partition coefficient (Wildman–Crippen LogP) is 4.26. The van der Waals surface area contributed by atoms with Crippen LogP contribution in [-0.4, -0.2) is 41.7 Å². The predicted molar refractivity (Wildman–Crippen MR) is 107 cm³/mol. The first kappa shape index (κ1) is 19.9. The number of hydrogen-bond acceptors (Lipinski definition) is 6. The molecule has 1 unspecified atom stereocenters. The van der Waals surface area contributed by atoms with Gasteiger partial charge in [0.25, 0.3) is 5.91 Å². The summed E-state index contributed by atoms with van der Waals surface area (Å²) in [4.78, 5) is 19.7. The number of hydrogen-bond donors (Lipinski definition) is 0. The number of halogens is 1. The van der Waals surface area contributed by atoms with Gasteiger partial charge in [-0.25, -0.2) is 4.39 Å². The molecule has 0 radical (unpaired) electrons. The van der Waals surface area contributed by atoms with Crippen LogP contribution in [0.5, 0.6) is 11.5 Å². The van der Waals surface area contributed by atoms with Crippen molar-refractivity contribution >= 4 is 5.91 Å². The molecule has 1 aliphatic rings. The minimum absolute atomic E-state index is 0.212.